The molecule has 0 saturated heterocycles. The molecule has 0 heterocycles. The average Bonchev–Trinajstić information content (AvgIpc) is 1.89. The van der Waals surface area contributed by atoms with Crippen LogP contribution in [-0.2, 0) is 0 Å². The van der Waals surface area contributed by atoms with Crippen molar-refractivity contribution in [2.75, 3.05) is 0 Å². The summed E-state index contributed by atoms with van der Waals surface area (Å²) in [5.41, 5.74) is 0.888. The highest BCUT2D eigenvalue weighted by Crippen LogP contribution is 2.81. The molecule has 0 aliphatic heterocycles. The Bertz CT molecular complexity index is 107. The van der Waals surface area contributed by atoms with E-state index in [1.165, 1.54) is 16.7 Å². The Labute approximate surface area is 47.7 Å². The fraction of sp³-hybridized carbons (Fsp3) is 1.00. The number of hydrogen-bond acceptors (Lipinski definition) is 0. The van der Waals surface area contributed by atoms with Crippen LogP contribution in [0.1, 0.15) is 26.2 Å². The van der Waals surface area contributed by atoms with Crippen molar-refractivity contribution in [1.82, 2.24) is 0 Å². The topological polar surface area (TPSA) is 0 Å². The van der Waals surface area contributed by atoms with Crippen molar-refractivity contribution in [3.8, 4) is 0 Å². The molecule has 2 aliphatic carbocycles. The first-order valence-electron chi connectivity index (χ1n) is 3.16. The zero-order valence-corrected chi connectivity index (χ0v) is 7.12. The Hall–Kier alpha value is 0.217. The lowest BCUT2D eigenvalue weighted by Crippen LogP contribution is -2.16. The summed E-state index contributed by atoms with van der Waals surface area (Å²) in [6.45, 7) is 2.45. The van der Waals surface area contributed by atoms with Crippen molar-refractivity contribution in [2.24, 2.45) is 5.41 Å². The van der Waals surface area contributed by atoms with Crippen LogP contribution in [0.4, 0.5) is 0 Å². The van der Waals surface area contributed by atoms with Gasteiger partial charge in [0.2, 0.25) is 0 Å². The van der Waals surface area contributed by atoms with E-state index in [1.54, 1.807) is 12.8 Å². The zero-order valence-electron chi connectivity index (χ0n) is 5.12. The number of rotatable bonds is 0. The second-order valence-corrected chi connectivity index (χ2v) is 5.71. The molecule has 2 saturated carbocycles. The zero-order chi connectivity index (χ0) is 5.12. The third kappa shape index (κ3) is 0.270. The Morgan fingerprint density at radius 2 is 2.00 bits per heavy atom. The molecule has 2 aliphatic rings. The predicted molar refractivity (Wildman–Crippen MR) is 34.6 cm³/mol. The van der Waals surface area contributed by atoms with Gasteiger partial charge in [-0.2, -0.15) is 0 Å². The summed E-state index contributed by atoms with van der Waals surface area (Å²) in [5.74, 6) is 0. The molecule has 40 valence electrons. The maximum absolute atomic E-state index is 2.45. The van der Waals surface area contributed by atoms with Crippen molar-refractivity contribution in [1.29, 1.82) is 0 Å². The van der Waals surface area contributed by atoms with Crippen LogP contribution < -0.4 is 0 Å². The van der Waals surface area contributed by atoms with Gasteiger partial charge in [-0.15, -0.1) is 0 Å². The third-order valence-electron chi connectivity index (χ3n) is 3.34. The highest BCUT2D eigenvalue weighted by atomic mass is 28.1. The molecule has 0 aromatic rings. The van der Waals surface area contributed by atoms with Gasteiger partial charge in [0.1, 0.15) is 0 Å². The van der Waals surface area contributed by atoms with Crippen molar-refractivity contribution in [3.05, 3.63) is 0 Å². The van der Waals surface area contributed by atoms with Crippen molar-refractivity contribution < 1.29 is 0 Å². The quantitative estimate of drug-likeness (QED) is 0.405. The summed E-state index contributed by atoms with van der Waals surface area (Å²) in [6, 6.07) is 0. The van der Waals surface area contributed by atoms with Crippen molar-refractivity contribution in [2.45, 2.75) is 31.2 Å². The summed E-state index contributed by atoms with van der Waals surface area (Å²) >= 11 is 0. The van der Waals surface area contributed by atoms with Crippen LogP contribution in [0, 0.1) is 5.41 Å². The van der Waals surface area contributed by atoms with Crippen LogP contribution in [0.3, 0.4) is 0 Å². The lowest BCUT2D eigenvalue weighted by atomic mass is 9.86. The van der Waals surface area contributed by atoms with Gasteiger partial charge in [0.25, 0.3) is 0 Å². The van der Waals surface area contributed by atoms with Crippen LogP contribution >= 0.6 is 0 Å². The van der Waals surface area contributed by atoms with Crippen molar-refractivity contribution >= 4 is 10.2 Å². The minimum Gasteiger partial charge on any atom is -0.0594 e. The van der Waals surface area contributed by atoms with Crippen LogP contribution in [0.2, 0.25) is 5.04 Å². The molecule has 0 N–H and O–H groups in total. The van der Waals surface area contributed by atoms with Crippen LogP contribution in [0.15, 0.2) is 0 Å². The minimum absolute atomic E-state index is 0.888. The highest BCUT2D eigenvalue weighted by molar-refractivity contribution is 6.19. The van der Waals surface area contributed by atoms with E-state index in [2.05, 4.69) is 6.92 Å². The van der Waals surface area contributed by atoms with Gasteiger partial charge in [0.15, 0.2) is 0 Å². The molecule has 0 nitrogen and oxygen atoms in total. The number of fused-ring (bicyclic) bond motifs is 1. The standard InChI is InChI=1S/C6H12Si/c1-5-2-3-6(5,7)4-5/h2-4H2,1,7H3. The fourth-order valence-corrected chi connectivity index (χ4v) is 3.25. The van der Waals surface area contributed by atoms with E-state index in [0.717, 1.165) is 10.5 Å². The van der Waals surface area contributed by atoms with Gasteiger partial charge < -0.3 is 0 Å². The molecule has 2 atom stereocenters. The van der Waals surface area contributed by atoms with Crippen LogP contribution in [-0.4, -0.2) is 10.2 Å². The molecule has 0 spiro atoms. The van der Waals surface area contributed by atoms with Gasteiger partial charge in [-0.05, 0) is 29.7 Å². The van der Waals surface area contributed by atoms with E-state index in [1.807, 2.05) is 0 Å². The highest BCUT2D eigenvalue weighted by Gasteiger charge is 2.66. The summed E-state index contributed by atoms with van der Waals surface area (Å²) in [7, 11) is 1.46. The molecule has 0 radical (unpaired) electrons. The van der Waals surface area contributed by atoms with Gasteiger partial charge in [-0.1, -0.05) is 6.92 Å². The van der Waals surface area contributed by atoms with Crippen LogP contribution in [0.5, 0.6) is 0 Å². The molecule has 1 heteroatoms. The maximum Gasteiger partial charge on any atom is 0.0114 e. The van der Waals surface area contributed by atoms with Gasteiger partial charge in [-0.25, -0.2) is 0 Å². The van der Waals surface area contributed by atoms with E-state index in [-0.39, 0.29) is 0 Å². The lowest BCUT2D eigenvalue weighted by molar-refractivity contribution is 0.339. The largest absolute Gasteiger partial charge is 0.0594 e. The molecule has 0 bridgehead atoms. The monoisotopic (exact) mass is 112 g/mol. The fourth-order valence-electron chi connectivity index (χ4n) is 1.97. The van der Waals surface area contributed by atoms with Gasteiger partial charge in [0, 0.05) is 10.2 Å². The smallest absolute Gasteiger partial charge is 0.0114 e. The molecular formula is C6H12Si. The average molecular weight is 112 g/mol. The van der Waals surface area contributed by atoms with Crippen molar-refractivity contribution in [3.63, 3.8) is 0 Å². The van der Waals surface area contributed by atoms with E-state index < -0.39 is 0 Å². The molecule has 7 heavy (non-hydrogen) atoms. The van der Waals surface area contributed by atoms with Gasteiger partial charge in [-0.3, -0.25) is 0 Å². The molecule has 0 aromatic carbocycles. The second kappa shape index (κ2) is 0.731. The first-order chi connectivity index (χ1) is 3.16. The Balaban J connectivity index is 2.26. The van der Waals surface area contributed by atoms with Crippen LogP contribution in [0.25, 0.3) is 0 Å². The molecule has 2 unspecified atom stereocenters. The summed E-state index contributed by atoms with van der Waals surface area (Å²) in [5, 5.41) is 0.965. The third-order valence-corrected chi connectivity index (χ3v) is 5.40. The lowest BCUT2D eigenvalue weighted by Gasteiger charge is -2.28. The summed E-state index contributed by atoms with van der Waals surface area (Å²) < 4.78 is 0. The molecule has 0 aromatic heterocycles. The van der Waals surface area contributed by atoms with Gasteiger partial charge >= 0.3 is 0 Å². The minimum atomic E-state index is 0.888. The Kier molecular flexibility index (Phi) is 0.431. The molecule has 2 rings (SSSR count). The summed E-state index contributed by atoms with van der Waals surface area (Å²) in [4.78, 5) is 0. The van der Waals surface area contributed by atoms with E-state index in [4.69, 9.17) is 0 Å². The number of hydrogen-bond donors (Lipinski definition) is 0. The SMILES string of the molecule is CC12CCC1([SiH3])C2. The molecule has 2 fully saturated rings. The maximum atomic E-state index is 2.45. The first-order valence-corrected chi connectivity index (χ1v) is 4.16. The van der Waals surface area contributed by atoms with E-state index in [9.17, 15) is 0 Å². The molecule has 0 amide bonds. The molecular weight excluding hydrogens is 100 g/mol. The van der Waals surface area contributed by atoms with E-state index >= 15 is 0 Å². The predicted octanol–water partition coefficient (Wildman–Crippen LogP) is 0.714. The Morgan fingerprint density at radius 1 is 1.43 bits per heavy atom. The normalized spacial score (nSPS) is 66.4. The summed E-state index contributed by atoms with van der Waals surface area (Å²) in [6.07, 6.45) is 4.68. The first kappa shape index (κ1) is 4.13. The second-order valence-electron chi connectivity index (χ2n) is 3.80. The Morgan fingerprint density at radius 3 is 2.00 bits per heavy atom. The van der Waals surface area contributed by atoms with Gasteiger partial charge in [0.05, 0.1) is 0 Å². The van der Waals surface area contributed by atoms with E-state index in [0.29, 0.717) is 0 Å².